The smallest absolute Gasteiger partial charge is 0.330 e. The lowest BCUT2D eigenvalue weighted by Gasteiger charge is -2.61. The van der Waals surface area contributed by atoms with E-state index in [2.05, 4.69) is 13.5 Å². The molecular weight excluding hydrogens is 304 g/mol. The molecule has 0 aromatic carbocycles. The molecule has 5 fully saturated rings. The van der Waals surface area contributed by atoms with E-state index >= 15 is 0 Å². The van der Waals surface area contributed by atoms with Crippen LogP contribution in [0.3, 0.4) is 0 Å². The number of ether oxygens (including phenoxy) is 3. The normalized spacial score (nSPS) is 41.7. The van der Waals surface area contributed by atoms with Crippen molar-refractivity contribution in [2.24, 2.45) is 17.3 Å². The van der Waals surface area contributed by atoms with Crippen molar-refractivity contribution in [3.05, 3.63) is 12.7 Å². The molecule has 0 radical (unpaired) electrons. The molecule has 4 aliphatic carbocycles. The molecule has 24 heavy (non-hydrogen) atoms. The summed E-state index contributed by atoms with van der Waals surface area (Å²) in [5.74, 6) is 1.01. The minimum Gasteiger partial charge on any atom is -0.456 e. The molecule has 0 N–H and O–H groups in total. The monoisotopic (exact) mass is 334 g/mol. The summed E-state index contributed by atoms with van der Waals surface area (Å²) >= 11 is 0. The average molecular weight is 334 g/mol. The maximum atomic E-state index is 11.9. The van der Waals surface area contributed by atoms with Crippen molar-refractivity contribution in [2.45, 2.75) is 69.5 Å². The van der Waals surface area contributed by atoms with Crippen LogP contribution < -0.4 is 0 Å². The molecule has 0 aromatic heterocycles. The fourth-order valence-corrected chi connectivity index (χ4v) is 6.17. The zero-order valence-electron chi connectivity index (χ0n) is 14.9. The summed E-state index contributed by atoms with van der Waals surface area (Å²) in [6.07, 6.45) is 10.1. The highest BCUT2D eigenvalue weighted by Gasteiger charge is 2.60. The van der Waals surface area contributed by atoms with Crippen LogP contribution in [0.15, 0.2) is 12.7 Å². The van der Waals surface area contributed by atoms with Gasteiger partial charge in [0.15, 0.2) is 0 Å². The largest absolute Gasteiger partial charge is 0.456 e. The molecule has 1 saturated heterocycles. The van der Waals surface area contributed by atoms with Gasteiger partial charge in [-0.05, 0) is 50.4 Å². The van der Waals surface area contributed by atoms with Crippen LogP contribution in [0.5, 0.6) is 0 Å². The summed E-state index contributed by atoms with van der Waals surface area (Å²) in [6.45, 7) is 8.26. The third-order valence-electron chi connectivity index (χ3n) is 6.72. The summed E-state index contributed by atoms with van der Waals surface area (Å²) in [4.78, 5) is 11.9. The molecule has 1 aliphatic heterocycles. The number of carbonyl (C=O) groups is 1. The zero-order valence-corrected chi connectivity index (χ0v) is 14.9. The molecule has 4 bridgehead atoms. The van der Waals surface area contributed by atoms with E-state index < -0.39 is 0 Å². The minimum atomic E-state index is -0.302. The second-order valence-electron chi connectivity index (χ2n) is 8.98. The van der Waals surface area contributed by atoms with E-state index in [0.29, 0.717) is 11.8 Å². The third kappa shape index (κ3) is 2.82. The van der Waals surface area contributed by atoms with Gasteiger partial charge in [-0.3, -0.25) is 0 Å². The first-order valence-electron chi connectivity index (χ1n) is 9.57. The molecule has 4 saturated carbocycles. The van der Waals surface area contributed by atoms with E-state index in [1.807, 2.05) is 0 Å². The van der Waals surface area contributed by atoms with Gasteiger partial charge in [-0.2, -0.15) is 0 Å². The predicted molar refractivity (Wildman–Crippen MR) is 90.5 cm³/mol. The SMILES string of the molecule is C=CC(=O)OC12CC3CC(CC(OCC4(CCC)COC4)(C3)C1)C2. The molecule has 2 unspecified atom stereocenters. The topological polar surface area (TPSA) is 44.8 Å². The second-order valence-corrected chi connectivity index (χ2v) is 8.98. The molecule has 0 aromatic rings. The van der Waals surface area contributed by atoms with Gasteiger partial charge in [0, 0.05) is 17.9 Å². The highest BCUT2D eigenvalue weighted by molar-refractivity contribution is 5.81. The lowest BCUT2D eigenvalue weighted by molar-refractivity contribution is -0.253. The molecule has 5 aliphatic rings. The summed E-state index contributed by atoms with van der Waals surface area (Å²) < 4.78 is 18.0. The Kier molecular flexibility index (Phi) is 4.04. The Morgan fingerprint density at radius 1 is 1.21 bits per heavy atom. The van der Waals surface area contributed by atoms with Crippen molar-refractivity contribution < 1.29 is 19.0 Å². The van der Waals surface area contributed by atoms with Crippen LogP contribution in [0, 0.1) is 17.3 Å². The van der Waals surface area contributed by atoms with Crippen molar-refractivity contribution >= 4 is 5.97 Å². The van der Waals surface area contributed by atoms with Gasteiger partial charge >= 0.3 is 5.97 Å². The van der Waals surface area contributed by atoms with Gasteiger partial charge in [-0.25, -0.2) is 4.79 Å². The first kappa shape index (κ1) is 16.6. The molecule has 0 spiro atoms. The Balaban J connectivity index is 1.48. The molecule has 4 nitrogen and oxygen atoms in total. The van der Waals surface area contributed by atoms with Crippen LogP contribution in [0.2, 0.25) is 0 Å². The van der Waals surface area contributed by atoms with Crippen molar-refractivity contribution in [3.63, 3.8) is 0 Å². The second kappa shape index (κ2) is 5.84. The van der Waals surface area contributed by atoms with Crippen molar-refractivity contribution in [2.75, 3.05) is 19.8 Å². The average Bonchev–Trinajstić information content (AvgIpc) is 2.48. The Labute approximate surface area is 144 Å². The maximum absolute atomic E-state index is 11.9. The standard InChI is InChI=1S/C20H30O4/c1-3-5-18(12-22-13-18)14-23-19-7-15-6-16(8-19)10-20(9-15,11-19)24-17(21)4-2/h4,15-16H,2-3,5-14H2,1H3. The van der Waals surface area contributed by atoms with Crippen molar-refractivity contribution in [3.8, 4) is 0 Å². The van der Waals surface area contributed by atoms with Crippen molar-refractivity contribution in [1.82, 2.24) is 0 Å². The zero-order chi connectivity index (χ0) is 16.8. The third-order valence-corrected chi connectivity index (χ3v) is 6.72. The fraction of sp³-hybridized carbons (Fsp3) is 0.850. The van der Waals surface area contributed by atoms with E-state index in [-0.39, 0.29) is 22.6 Å². The Morgan fingerprint density at radius 2 is 1.88 bits per heavy atom. The summed E-state index contributed by atoms with van der Waals surface area (Å²) in [5.41, 5.74) is -0.158. The van der Waals surface area contributed by atoms with Crippen LogP contribution in [-0.4, -0.2) is 37.0 Å². The number of hydrogen-bond donors (Lipinski definition) is 0. The minimum absolute atomic E-state index is 0.0815. The van der Waals surface area contributed by atoms with Crippen LogP contribution in [-0.2, 0) is 19.0 Å². The molecule has 4 heteroatoms. The Bertz CT molecular complexity index is 508. The summed E-state index contributed by atoms with van der Waals surface area (Å²) in [6, 6.07) is 0. The van der Waals surface area contributed by atoms with Gasteiger partial charge in [0.05, 0.1) is 25.4 Å². The summed E-state index contributed by atoms with van der Waals surface area (Å²) in [5, 5.41) is 0. The van der Waals surface area contributed by atoms with E-state index in [4.69, 9.17) is 14.2 Å². The quantitative estimate of drug-likeness (QED) is 0.527. The number of carbonyl (C=O) groups excluding carboxylic acids is 1. The number of esters is 1. The Morgan fingerprint density at radius 3 is 2.42 bits per heavy atom. The first-order chi connectivity index (χ1) is 11.5. The number of rotatable bonds is 7. The van der Waals surface area contributed by atoms with Crippen molar-refractivity contribution in [1.29, 1.82) is 0 Å². The van der Waals surface area contributed by atoms with E-state index in [1.165, 1.54) is 25.3 Å². The molecule has 5 rings (SSSR count). The van der Waals surface area contributed by atoms with Crippen LogP contribution >= 0.6 is 0 Å². The first-order valence-corrected chi connectivity index (χ1v) is 9.57. The fourth-order valence-electron chi connectivity index (χ4n) is 6.17. The van der Waals surface area contributed by atoms with Crippen LogP contribution in [0.25, 0.3) is 0 Å². The lowest BCUT2D eigenvalue weighted by atomic mass is 9.52. The van der Waals surface area contributed by atoms with Crippen LogP contribution in [0.1, 0.15) is 58.3 Å². The van der Waals surface area contributed by atoms with E-state index in [1.54, 1.807) is 0 Å². The molecule has 2 atom stereocenters. The molecule has 1 heterocycles. The highest BCUT2D eigenvalue weighted by atomic mass is 16.6. The van der Waals surface area contributed by atoms with Gasteiger partial charge in [-0.1, -0.05) is 19.9 Å². The Hall–Kier alpha value is -0.870. The van der Waals surface area contributed by atoms with E-state index in [9.17, 15) is 4.79 Å². The summed E-state index contributed by atoms with van der Waals surface area (Å²) in [7, 11) is 0. The van der Waals surface area contributed by atoms with Crippen LogP contribution in [0.4, 0.5) is 0 Å². The van der Waals surface area contributed by atoms with Gasteiger partial charge in [-0.15, -0.1) is 0 Å². The molecule has 0 amide bonds. The van der Waals surface area contributed by atoms with Gasteiger partial charge in [0.25, 0.3) is 0 Å². The highest BCUT2D eigenvalue weighted by Crippen LogP contribution is 2.60. The predicted octanol–water partition coefficient (Wildman–Crippen LogP) is 3.64. The maximum Gasteiger partial charge on any atom is 0.330 e. The molecule has 134 valence electrons. The number of hydrogen-bond acceptors (Lipinski definition) is 4. The van der Waals surface area contributed by atoms with E-state index in [0.717, 1.165) is 51.9 Å². The lowest BCUT2D eigenvalue weighted by Crippen LogP contribution is -2.62. The van der Waals surface area contributed by atoms with Gasteiger partial charge < -0.3 is 14.2 Å². The molecular formula is C20H30O4. The van der Waals surface area contributed by atoms with Gasteiger partial charge in [0.2, 0.25) is 0 Å². The van der Waals surface area contributed by atoms with Gasteiger partial charge in [0.1, 0.15) is 5.60 Å².